The number of pyridine rings is 1. The molecule has 0 unspecified atom stereocenters. The molecule has 24 heavy (non-hydrogen) atoms. The summed E-state index contributed by atoms with van der Waals surface area (Å²) in [6.07, 6.45) is 6.20. The quantitative estimate of drug-likeness (QED) is 0.679. The average Bonchev–Trinajstić information content (AvgIpc) is 3.10. The first-order chi connectivity index (χ1) is 11.8. The van der Waals surface area contributed by atoms with Crippen molar-refractivity contribution in [3.8, 4) is 0 Å². The second kappa shape index (κ2) is 7.75. The molecule has 5 nitrogen and oxygen atoms in total. The number of carbonyl (C=O) groups excluding carboxylic acids is 1. The molecule has 0 bridgehead atoms. The molecule has 0 aliphatic heterocycles. The second-order valence-electron chi connectivity index (χ2n) is 5.61. The third-order valence-electron chi connectivity index (χ3n) is 3.91. The molecule has 3 rings (SSSR count). The first-order valence-electron chi connectivity index (χ1n) is 8.12. The summed E-state index contributed by atoms with van der Waals surface area (Å²) >= 11 is 0. The number of fused-ring (bicyclic) bond motifs is 1. The molecule has 0 radical (unpaired) electrons. The number of ether oxygens (including phenoxy) is 1. The summed E-state index contributed by atoms with van der Waals surface area (Å²) in [5, 5.41) is 2.92. The Morgan fingerprint density at radius 2 is 2.04 bits per heavy atom. The van der Waals surface area contributed by atoms with Gasteiger partial charge in [0.1, 0.15) is 5.65 Å². The highest BCUT2D eigenvalue weighted by Gasteiger charge is 2.10. The second-order valence-corrected chi connectivity index (χ2v) is 5.61. The Kier molecular flexibility index (Phi) is 5.23. The van der Waals surface area contributed by atoms with Crippen molar-refractivity contribution in [1.82, 2.24) is 14.7 Å². The normalized spacial score (nSPS) is 12.2. The monoisotopic (exact) mass is 323 g/mol. The summed E-state index contributed by atoms with van der Waals surface area (Å²) in [6, 6.07) is 13.7. The Balaban J connectivity index is 1.44. The lowest BCUT2D eigenvalue weighted by Crippen LogP contribution is -2.26. The fourth-order valence-corrected chi connectivity index (χ4v) is 2.58. The van der Waals surface area contributed by atoms with Crippen molar-refractivity contribution in [3.63, 3.8) is 0 Å². The van der Waals surface area contributed by atoms with Gasteiger partial charge in [-0.25, -0.2) is 4.98 Å². The standard InChI is InChI=1S/C19H21N3O2/c1-15(16-7-3-2-4-8-16)24-14-6-10-21-19(23)17-9-5-12-22-13-11-20-18(17)22/h2-5,7-9,11-13,15H,6,10,14H2,1H3,(H,21,23)/t15-/m0/s1. The fourth-order valence-electron chi connectivity index (χ4n) is 2.58. The van der Waals surface area contributed by atoms with Crippen molar-refractivity contribution in [2.24, 2.45) is 0 Å². The first kappa shape index (κ1) is 16.2. The van der Waals surface area contributed by atoms with Gasteiger partial charge in [-0.15, -0.1) is 0 Å². The number of rotatable bonds is 7. The Bertz CT molecular complexity index is 798. The van der Waals surface area contributed by atoms with Crippen LogP contribution in [0.15, 0.2) is 61.1 Å². The summed E-state index contributed by atoms with van der Waals surface area (Å²) in [6.45, 7) is 3.21. The van der Waals surface area contributed by atoms with Crippen molar-refractivity contribution < 1.29 is 9.53 Å². The van der Waals surface area contributed by atoms with E-state index in [0.29, 0.717) is 24.4 Å². The maximum atomic E-state index is 12.3. The molecule has 1 N–H and O–H groups in total. The molecule has 1 atom stereocenters. The van der Waals surface area contributed by atoms with E-state index in [1.165, 1.54) is 0 Å². The zero-order chi connectivity index (χ0) is 16.8. The van der Waals surface area contributed by atoms with E-state index in [0.717, 1.165) is 12.0 Å². The van der Waals surface area contributed by atoms with Crippen LogP contribution in [0.3, 0.4) is 0 Å². The van der Waals surface area contributed by atoms with Crippen LogP contribution in [0.25, 0.3) is 5.65 Å². The zero-order valence-corrected chi connectivity index (χ0v) is 13.7. The molecule has 0 saturated carbocycles. The third kappa shape index (κ3) is 3.81. The highest BCUT2D eigenvalue weighted by Crippen LogP contribution is 2.15. The van der Waals surface area contributed by atoms with Crippen LogP contribution < -0.4 is 5.32 Å². The van der Waals surface area contributed by atoms with Crippen molar-refractivity contribution in [1.29, 1.82) is 0 Å². The Morgan fingerprint density at radius 3 is 2.88 bits per heavy atom. The van der Waals surface area contributed by atoms with Gasteiger partial charge in [0.05, 0.1) is 11.7 Å². The van der Waals surface area contributed by atoms with Crippen LogP contribution >= 0.6 is 0 Å². The Labute approximate surface area is 141 Å². The summed E-state index contributed by atoms with van der Waals surface area (Å²) in [5.74, 6) is -0.108. The van der Waals surface area contributed by atoms with Crippen LogP contribution in [0.5, 0.6) is 0 Å². The predicted octanol–water partition coefficient (Wildman–Crippen LogP) is 3.23. The molecule has 0 spiro atoms. The highest BCUT2D eigenvalue weighted by molar-refractivity contribution is 5.99. The van der Waals surface area contributed by atoms with Crippen LogP contribution in [-0.4, -0.2) is 28.4 Å². The van der Waals surface area contributed by atoms with Gasteiger partial charge in [0.2, 0.25) is 0 Å². The number of aromatic nitrogens is 2. The van der Waals surface area contributed by atoms with Gasteiger partial charge >= 0.3 is 0 Å². The molecular formula is C19H21N3O2. The molecule has 3 aromatic rings. The molecule has 0 saturated heterocycles. The van der Waals surface area contributed by atoms with Crippen LogP contribution in [0, 0.1) is 0 Å². The summed E-state index contributed by atoms with van der Waals surface area (Å²) < 4.78 is 7.64. The summed E-state index contributed by atoms with van der Waals surface area (Å²) in [7, 11) is 0. The van der Waals surface area contributed by atoms with Crippen LogP contribution in [0.4, 0.5) is 0 Å². The van der Waals surface area contributed by atoms with Gasteiger partial charge in [0.15, 0.2) is 0 Å². The minimum Gasteiger partial charge on any atom is -0.374 e. The van der Waals surface area contributed by atoms with E-state index in [9.17, 15) is 4.79 Å². The fraction of sp³-hybridized carbons (Fsp3) is 0.263. The molecule has 124 valence electrons. The molecule has 1 aromatic carbocycles. The van der Waals surface area contributed by atoms with Gasteiger partial charge < -0.3 is 14.5 Å². The number of benzene rings is 1. The van der Waals surface area contributed by atoms with E-state index < -0.39 is 0 Å². The lowest BCUT2D eigenvalue weighted by atomic mass is 10.1. The van der Waals surface area contributed by atoms with Crippen LogP contribution in [0.1, 0.15) is 35.4 Å². The van der Waals surface area contributed by atoms with Crippen LogP contribution in [-0.2, 0) is 4.74 Å². The maximum absolute atomic E-state index is 12.3. The number of amides is 1. The smallest absolute Gasteiger partial charge is 0.255 e. The van der Waals surface area contributed by atoms with E-state index in [-0.39, 0.29) is 12.0 Å². The average molecular weight is 323 g/mol. The van der Waals surface area contributed by atoms with Crippen molar-refractivity contribution >= 4 is 11.6 Å². The number of hydrogen-bond acceptors (Lipinski definition) is 3. The van der Waals surface area contributed by atoms with Gasteiger partial charge in [0.25, 0.3) is 5.91 Å². The molecule has 0 aliphatic rings. The number of nitrogens with zero attached hydrogens (tertiary/aromatic N) is 2. The molecule has 2 heterocycles. The number of nitrogens with one attached hydrogen (secondary N) is 1. The van der Waals surface area contributed by atoms with E-state index >= 15 is 0 Å². The third-order valence-corrected chi connectivity index (χ3v) is 3.91. The van der Waals surface area contributed by atoms with Gasteiger partial charge in [-0.1, -0.05) is 30.3 Å². The topological polar surface area (TPSA) is 55.6 Å². The molecule has 5 heteroatoms. The van der Waals surface area contributed by atoms with Crippen molar-refractivity contribution in [2.45, 2.75) is 19.4 Å². The van der Waals surface area contributed by atoms with Crippen molar-refractivity contribution in [2.75, 3.05) is 13.2 Å². The maximum Gasteiger partial charge on any atom is 0.255 e. The lowest BCUT2D eigenvalue weighted by Gasteiger charge is -2.13. The molecule has 1 amide bonds. The van der Waals surface area contributed by atoms with E-state index in [4.69, 9.17) is 4.74 Å². The number of carbonyl (C=O) groups is 1. The van der Waals surface area contributed by atoms with Gasteiger partial charge in [0, 0.05) is 31.7 Å². The minimum absolute atomic E-state index is 0.0561. The largest absolute Gasteiger partial charge is 0.374 e. The molecule has 0 fully saturated rings. The summed E-state index contributed by atoms with van der Waals surface area (Å²) in [5.41, 5.74) is 2.41. The van der Waals surface area contributed by atoms with E-state index in [1.54, 1.807) is 12.3 Å². The van der Waals surface area contributed by atoms with Gasteiger partial charge in [-0.2, -0.15) is 0 Å². The number of hydrogen-bond donors (Lipinski definition) is 1. The van der Waals surface area contributed by atoms with Gasteiger partial charge in [-0.05, 0) is 31.0 Å². The van der Waals surface area contributed by atoms with Gasteiger partial charge in [-0.3, -0.25) is 4.79 Å². The van der Waals surface area contributed by atoms with Crippen molar-refractivity contribution in [3.05, 3.63) is 72.2 Å². The first-order valence-corrected chi connectivity index (χ1v) is 8.12. The predicted molar refractivity (Wildman–Crippen MR) is 93.0 cm³/mol. The minimum atomic E-state index is -0.108. The molecule has 2 aromatic heterocycles. The zero-order valence-electron chi connectivity index (χ0n) is 13.7. The van der Waals surface area contributed by atoms with E-state index in [2.05, 4.69) is 22.4 Å². The lowest BCUT2D eigenvalue weighted by molar-refractivity contribution is 0.0635. The molecular weight excluding hydrogens is 302 g/mol. The SMILES string of the molecule is C[C@H](OCCCNC(=O)c1cccn2ccnc12)c1ccccc1. The van der Waals surface area contributed by atoms with E-state index in [1.807, 2.05) is 48.0 Å². The summed E-state index contributed by atoms with van der Waals surface area (Å²) in [4.78, 5) is 16.5. The highest BCUT2D eigenvalue weighted by atomic mass is 16.5. The molecule has 0 aliphatic carbocycles. The Hall–Kier alpha value is -2.66. The number of imidazole rings is 1. The Morgan fingerprint density at radius 1 is 1.21 bits per heavy atom. The van der Waals surface area contributed by atoms with Crippen LogP contribution in [0.2, 0.25) is 0 Å².